The van der Waals surface area contributed by atoms with Crippen molar-refractivity contribution in [1.82, 2.24) is 5.32 Å². The van der Waals surface area contributed by atoms with E-state index in [0.717, 1.165) is 0 Å². The number of carboxylic acid groups (broad SMARTS) is 1. The highest BCUT2D eigenvalue weighted by atomic mass is 19.4. The first kappa shape index (κ1) is 13.8. The average Bonchev–Trinajstić information content (AvgIpc) is 2.93. The molecule has 5 nitrogen and oxygen atoms in total. The topological polar surface area (TPSA) is 75.6 Å². The maximum Gasteiger partial charge on any atom is 0.411 e. The number of halogens is 3. The average molecular weight is 255 g/mol. The monoisotopic (exact) mass is 255 g/mol. The van der Waals surface area contributed by atoms with Crippen LogP contribution in [-0.2, 0) is 14.3 Å². The molecule has 0 aromatic carbocycles. The summed E-state index contributed by atoms with van der Waals surface area (Å²) in [6, 6.07) is 0. The fourth-order valence-electron chi connectivity index (χ4n) is 1.20. The lowest BCUT2D eigenvalue weighted by atomic mass is 10.1. The van der Waals surface area contributed by atoms with Gasteiger partial charge in [-0.2, -0.15) is 13.2 Å². The molecule has 8 heteroatoms. The van der Waals surface area contributed by atoms with Crippen LogP contribution in [0.4, 0.5) is 13.2 Å². The third kappa shape index (κ3) is 4.59. The molecule has 1 rings (SSSR count). The normalized spacial score (nSPS) is 17.6. The van der Waals surface area contributed by atoms with Crippen molar-refractivity contribution in [3.05, 3.63) is 0 Å². The highest BCUT2D eigenvalue weighted by molar-refractivity contribution is 5.81. The molecule has 1 aliphatic rings. The number of hydrogen-bond donors (Lipinski definition) is 2. The molecule has 0 aromatic heterocycles. The number of carboxylic acids is 1. The molecule has 1 fully saturated rings. The van der Waals surface area contributed by atoms with E-state index < -0.39 is 36.7 Å². The van der Waals surface area contributed by atoms with E-state index in [0.29, 0.717) is 12.8 Å². The molecular formula is C9H12F3NO4. The highest BCUT2D eigenvalue weighted by Crippen LogP contribution is 2.45. The van der Waals surface area contributed by atoms with Crippen LogP contribution in [0.25, 0.3) is 0 Å². The number of ether oxygens (including phenoxy) is 1. The fraction of sp³-hybridized carbons (Fsp3) is 0.778. The van der Waals surface area contributed by atoms with Crippen LogP contribution in [0.1, 0.15) is 12.8 Å². The summed E-state index contributed by atoms with van der Waals surface area (Å²) in [4.78, 5) is 21.7. The quantitative estimate of drug-likeness (QED) is 0.726. The van der Waals surface area contributed by atoms with Crippen molar-refractivity contribution in [1.29, 1.82) is 0 Å². The van der Waals surface area contributed by atoms with Crippen molar-refractivity contribution in [2.24, 2.45) is 5.41 Å². The minimum atomic E-state index is -4.47. The van der Waals surface area contributed by atoms with Crippen LogP contribution in [0, 0.1) is 5.41 Å². The predicted octanol–water partition coefficient (Wildman–Crippen LogP) is 0.546. The Morgan fingerprint density at radius 2 is 1.94 bits per heavy atom. The van der Waals surface area contributed by atoms with Crippen LogP contribution in [0.15, 0.2) is 0 Å². The molecule has 0 spiro atoms. The Hall–Kier alpha value is -1.31. The molecule has 1 amide bonds. The van der Waals surface area contributed by atoms with E-state index in [2.05, 4.69) is 10.1 Å². The number of amides is 1. The van der Waals surface area contributed by atoms with Gasteiger partial charge in [0.05, 0.1) is 5.41 Å². The largest absolute Gasteiger partial charge is 0.481 e. The van der Waals surface area contributed by atoms with Crippen molar-refractivity contribution < 1.29 is 32.6 Å². The van der Waals surface area contributed by atoms with Crippen LogP contribution in [0.2, 0.25) is 0 Å². The third-order valence-corrected chi connectivity index (χ3v) is 2.43. The van der Waals surface area contributed by atoms with Crippen LogP contribution in [-0.4, -0.2) is 42.9 Å². The van der Waals surface area contributed by atoms with E-state index in [4.69, 9.17) is 5.11 Å². The Labute approximate surface area is 94.9 Å². The number of rotatable bonds is 6. The molecule has 0 aliphatic heterocycles. The second-order valence-electron chi connectivity index (χ2n) is 3.97. The van der Waals surface area contributed by atoms with E-state index in [1.807, 2.05) is 0 Å². The van der Waals surface area contributed by atoms with Crippen molar-refractivity contribution in [3.63, 3.8) is 0 Å². The molecular weight excluding hydrogens is 243 g/mol. The summed E-state index contributed by atoms with van der Waals surface area (Å²) in [7, 11) is 0. The van der Waals surface area contributed by atoms with Crippen molar-refractivity contribution in [3.8, 4) is 0 Å². The van der Waals surface area contributed by atoms with Gasteiger partial charge in [-0.25, -0.2) is 0 Å². The molecule has 0 aromatic rings. The molecule has 0 saturated heterocycles. The molecule has 1 saturated carbocycles. The summed E-state index contributed by atoms with van der Waals surface area (Å²) in [6.07, 6.45) is -3.54. The zero-order valence-electron chi connectivity index (χ0n) is 8.84. The smallest absolute Gasteiger partial charge is 0.411 e. The molecule has 0 unspecified atom stereocenters. The summed E-state index contributed by atoms with van der Waals surface area (Å²) in [6.45, 7) is -2.30. The fourth-order valence-corrected chi connectivity index (χ4v) is 1.20. The number of hydrogen-bond acceptors (Lipinski definition) is 3. The van der Waals surface area contributed by atoms with Gasteiger partial charge in [-0.3, -0.25) is 9.59 Å². The summed E-state index contributed by atoms with van der Waals surface area (Å²) >= 11 is 0. The zero-order valence-corrected chi connectivity index (χ0v) is 8.84. The van der Waals surface area contributed by atoms with Gasteiger partial charge < -0.3 is 15.2 Å². The number of alkyl halides is 3. The highest BCUT2D eigenvalue weighted by Gasteiger charge is 2.50. The van der Waals surface area contributed by atoms with E-state index >= 15 is 0 Å². The van der Waals surface area contributed by atoms with Gasteiger partial charge in [0.25, 0.3) is 0 Å². The summed E-state index contributed by atoms with van der Waals surface area (Å²) in [5.41, 5.74) is -0.931. The predicted molar refractivity (Wildman–Crippen MR) is 49.2 cm³/mol. The van der Waals surface area contributed by atoms with Gasteiger partial charge in [0.2, 0.25) is 5.91 Å². The number of carbonyl (C=O) groups is 2. The number of aliphatic carboxylic acids is 1. The van der Waals surface area contributed by atoms with Gasteiger partial charge in [-0.15, -0.1) is 0 Å². The molecule has 98 valence electrons. The lowest BCUT2D eigenvalue weighted by Crippen LogP contribution is -2.36. The second kappa shape index (κ2) is 4.91. The van der Waals surface area contributed by atoms with Gasteiger partial charge in [0, 0.05) is 6.54 Å². The zero-order chi connectivity index (χ0) is 13.1. The SMILES string of the molecule is O=C(COCC(F)(F)F)NCC1(C(=O)O)CC1. The van der Waals surface area contributed by atoms with Crippen molar-refractivity contribution in [2.75, 3.05) is 19.8 Å². The maximum absolute atomic E-state index is 11.7. The minimum absolute atomic E-state index is 0.0729. The number of nitrogens with one attached hydrogen (secondary N) is 1. The standard InChI is InChI=1S/C9H12F3NO4/c10-9(11,12)5-17-3-6(14)13-4-8(1-2-8)7(15)16/h1-5H2,(H,13,14)(H,15,16). The van der Waals surface area contributed by atoms with E-state index in [1.54, 1.807) is 0 Å². The Bertz CT molecular complexity index is 312. The first-order valence-corrected chi connectivity index (χ1v) is 4.90. The van der Waals surface area contributed by atoms with Gasteiger partial charge in [0.15, 0.2) is 0 Å². The Balaban J connectivity index is 2.16. The van der Waals surface area contributed by atoms with E-state index in [9.17, 15) is 22.8 Å². The minimum Gasteiger partial charge on any atom is -0.481 e. The summed E-state index contributed by atoms with van der Waals surface area (Å²) in [5, 5.41) is 11.0. The first-order chi connectivity index (χ1) is 7.75. The molecule has 0 radical (unpaired) electrons. The lowest BCUT2D eigenvalue weighted by Gasteiger charge is -2.11. The Morgan fingerprint density at radius 1 is 1.35 bits per heavy atom. The van der Waals surface area contributed by atoms with Crippen LogP contribution < -0.4 is 5.32 Å². The van der Waals surface area contributed by atoms with Crippen LogP contribution in [0.5, 0.6) is 0 Å². The first-order valence-electron chi connectivity index (χ1n) is 4.90. The van der Waals surface area contributed by atoms with Crippen LogP contribution >= 0.6 is 0 Å². The summed E-state index contributed by atoms with van der Waals surface area (Å²) in [5.74, 6) is -1.75. The molecule has 2 N–H and O–H groups in total. The van der Waals surface area contributed by atoms with Gasteiger partial charge in [0.1, 0.15) is 13.2 Å². The van der Waals surface area contributed by atoms with Crippen LogP contribution in [0.3, 0.4) is 0 Å². The third-order valence-electron chi connectivity index (χ3n) is 2.43. The van der Waals surface area contributed by atoms with Gasteiger partial charge >= 0.3 is 12.1 Å². The number of carbonyl (C=O) groups excluding carboxylic acids is 1. The lowest BCUT2D eigenvalue weighted by molar-refractivity contribution is -0.175. The molecule has 17 heavy (non-hydrogen) atoms. The Kier molecular flexibility index (Phi) is 3.97. The van der Waals surface area contributed by atoms with E-state index in [1.165, 1.54) is 0 Å². The van der Waals surface area contributed by atoms with Crippen molar-refractivity contribution >= 4 is 11.9 Å². The van der Waals surface area contributed by atoms with E-state index in [-0.39, 0.29) is 6.54 Å². The van der Waals surface area contributed by atoms with Gasteiger partial charge in [-0.05, 0) is 12.8 Å². The molecule has 0 heterocycles. The molecule has 1 aliphatic carbocycles. The van der Waals surface area contributed by atoms with Gasteiger partial charge in [-0.1, -0.05) is 0 Å². The second-order valence-corrected chi connectivity index (χ2v) is 3.97. The van der Waals surface area contributed by atoms with Crippen molar-refractivity contribution in [2.45, 2.75) is 19.0 Å². The maximum atomic E-state index is 11.7. The molecule has 0 bridgehead atoms. The molecule has 0 atom stereocenters. The summed E-state index contributed by atoms with van der Waals surface area (Å²) < 4.78 is 39.1. The Morgan fingerprint density at radius 3 is 2.35 bits per heavy atom.